The summed E-state index contributed by atoms with van der Waals surface area (Å²) in [5.41, 5.74) is 0. The summed E-state index contributed by atoms with van der Waals surface area (Å²) < 4.78 is 4.97. The minimum absolute atomic E-state index is 0.0978. The smallest absolute Gasteiger partial charge is 0.306 e. The van der Waals surface area contributed by atoms with Crippen molar-refractivity contribution in [2.24, 2.45) is 5.92 Å². The van der Waals surface area contributed by atoms with Crippen LogP contribution in [-0.4, -0.2) is 29.4 Å². The van der Waals surface area contributed by atoms with Crippen LogP contribution in [0.5, 0.6) is 0 Å². The Labute approximate surface area is 82.8 Å². The predicted octanol–water partition coefficient (Wildman–Crippen LogP) is 1.97. The van der Waals surface area contributed by atoms with Crippen LogP contribution in [0.1, 0.15) is 25.7 Å². The lowest BCUT2D eigenvalue weighted by Gasteiger charge is -2.25. The van der Waals surface area contributed by atoms with Gasteiger partial charge in [-0.05, 0) is 25.7 Å². The fraction of sp³-hybridized carbons (Fsp3) is 0.889. The highest BCUT2D eigenvalue weighted by Gasteiger charge is 2.25. The van der Waals surface area contributed by atoms with Crippen molar-refractivity contribution < 1.29 is 14.6 Å². The third-order valence-electron chi connectivity index (χ3n) is 2.45. The first kappa shape index (κ1) is 10.9. The molecule has 0 atom stereocenters. The van der Waals surface area contributed by atoms with Crippen LogP contribution < -0.4 is 0 Å². The van der Waals surface area contributed by atoms with Gasteiger partial charge >= 0.3 is 5.97 Å². The maximum Gasteiger partial charge on any atom is 0.306 e. The van der Waals surface area contributed by atoms with Crippen LogP contribution >= 0.6 is 11.8 Å². The number of aliphatic carboxylic acids is 1. The van der Waals surface area contributed by atoms with Crippen LogP contribution in [0.15, 0.2) is 0 Å². The Kier molecular flexibility index (Phi) is 4.59. The van der Waals surface area contributed by atoms with Gasteiger partial charge in [-0.3, -0.25) is 4.79 Å². The third-order valence-corrected chi connectivity index (χ3v) is 3.76. The van der Waals surface area contributed by atoms with Crippen molar-refractivity contribution in [2.45, 2.75) is 30.9 Å². The van der Waals surface area contributed by atoms with E-state index in [1.807, 2.05) is 0 Å². The zero-order valence-corrected chi connectivity index (χ0v) is 8.68. The molecule has 76 valence electrons. The number of hydrogen-bond acceptors (Lipinski definition) is 3. The molecule has 0 bridgehead atoms. The van der Waals surface area contributed by atoms with Gasteiger partial charge in [0.15, 0.2) is 0 Å². The third kappa shape index (κ3) is 3.56. The van der Waals surface area contributed by atoms with Gasteiger partial charge < -0.3 is 9.84 Å². The molecule has 3 nitrogen and oxygen atoms in total. The minimum Gasteiger partial charge on any atom is -0.481 e. The van der Waals surface area contributed by atoms with Gasteiger partial charge in [-0.15, -0.1) is 11.8 Å². The van der Waals surface area contributed by atoms with Gasteiger partial charge in [-0.25, -0.2) is 0 Å². The van der Waals surface area contributed by atoms with Gasteiger partial charge in [0.25, 0.3) is 0 Å². The molecule has 1 N–H and O–H groups in total. The fourth-order valence-corrected chi connectivity index (χ4v) is 2.57. The summed E-state index contributed by atoms with van der Waals surface area (Å²) in [5, 5.41) is 9.38. The molecular weight excluding hydrogens is 188 g/mol. The van der Waals surface area contributed by atoms with Crippen LogP contribution in [0.4, 0.5) is 0 Å². The summed E-state index contributed by atoms with van der Waals surface area (Å²) in [4.78, 5) is 10.6. The number of carboxylic acid groups (broad SMARTS) is 1. The van der Waals surface area contributed by atoms with Gasteiger partial charge in [-0.1, -0.05) is 0 Å². The molecule has 0 aromatic carbocycles. The lowest BCUT2D eigenvalue weighted by atomic mass is 9.89. The fourth-order valence-electron chi connectivity index (χ4n) is 1.64. The molecule has 1 aliphatic carbocycles. The summed E-state index contributed by atoms with van der Waals surface area (Å²) in [6.45, 7) is 0. The molecule has 1 fully saturated rings. The van der Waals surface area contributed by atoms with Gasteiger partial charge in [0, 0.05) is 12.4 Å². The Morgan fingerprint density at radius 2 is 2.08 bits per heavy atom. The molecule has 0 amide bonds. The van der Waals surface area contributed by atoms with Crippen molar-refractivity contribution in [3.63, 3.8) is 0 Å². The number of carbonyl (C=O) groups is 1. The first-order chi connectivity index (χ1) is 6.24. The van der Waals surface area contributed by atoms with Crippen LogP contribution in [0.2, 0.25) is 0 Å². The molecule has 0 aromatic heterocycles. The van der Waals surface area contributed by atoms with Crippen molar-refractivity contribution >= 4 is 17.7 Å². The zero-order valence-electron chi connectivity index (χ0n) is 7.86. The molecule has 13 heavy (non-hydrogen) atoms. The number of thioether (sulfide) groups is 1. The van der Waals surface area contributed by atoms with Crippen molar-refractivity contribution in [3.8, 4) is 0 Å². The van der Waals surface area contributed by atoms with Gasteiger partial charge in [0.05, 0.1) is 11.9 Å². The Morgan fingerprint density at radius 3 is 2.54 bits per heavy atom. The van der Waals surface area contributed by atoms with Gasteiger partial charge in [0.1, 0.15) is 0 Å². The van der Waals surface area contributed by atoms with Crippen molar-refractivity contribution in [1.82, 2.24) is 0 Å². The van der Waals surface area contributed by atoms with E-state index >= 15 is 0 Å². The monoisotopic (exact) mass is 204 g/mol. The molecule has 0 radical (unpaired) electrons. The van der Waals surface area contributed by atoms with E-state index in [1.54, 1.807) is 18.9 Å². The summed E-state index contributed by atoms with van der Waals surface area (Å²) >= 11 is 1.80. The highest BCUT2D eigenvalue weighted by molar-refractivity contribution is 7.99. The second-order valence-corrected chi connectivity index (χ2v) is 4.62. The van der Waals surface area contributed by atoms with Crippen molar-refractivity contribution in [3.05, 3.63) is 0 Å². The molecule has 1 saturated carbocycles. The molecule has 1 aliphatic rings. The van der Waals surface area contributed by atoms with Gasteiger partial charge in [-0.2, -0.15) is 0 Å². The molecule has 0 aromatic rings. The number of methoxy groups -OCH3 is 1. The summed E-state index contributed by atoms with van der Waals surface area (Å²) in [5.74, 6) is -0.00263. The van der Waals surface area contributed by atoms with Crippen molar-refractivity contribution in [2.75, 3.05) is 13.0 Å². The standard InChI is InChI=1S/C9H16O3S/c1-12-6-13-8-4-2-7(3-5-8)9(10)11/h7-8H,2-6H2,1H3,(H,10,11). The average molecular weight is 204 g/mol. The first-order valence-corrected chi connectivity index (χ1v) is 5.62. The molecule has 0 saturated heterocycles. The lowest BCUT2D eigenvalue weighted by Crippen LogP contribution is -2.22. The molecular formula is C9H16O3S. The number of rotatable bonds is 4. The van der Waals surface area contributed by atoms with E-state index in [-0.39, 0.29) is 5.92 Å². The van der Waals surface area contributed by atoms with E-state index in [1.165, 1.54) is 0 Å². The molecule has 0 aliphatic heterocycles. The van der Waals surface area contributed by atoms with E-state index in [4.69, 9.17) is 9.84 Å². The topological polar surface area (TPSA) is 46.5 Å². The maximum atomic E-state index is 10.6. The zero-order chi connectivity index (χ0) is 9.68. The number of carboxylic acids is 1. The normalized spacial score (nSPS) is 28.7. The summed E-state index contributed by atoms with van der Waals surface area (Å²) in [6, 6.07) is 0. The first-order valence-electron chi connectivity index (χ1n) is 4.57. The summed E-state index contributed by atoms with van der Waals surface area (Å²) in [7, 11) is 1.69. The van der Waals surface area contributed by atoms with E-state index in [0.717, 1.165) is 31.6 Å². The van der Waals surface area contributed by atoms with Crippen LogP contribution in [0, 0.1) is 5.92 Å². The summed E-state index contributed by atoms with van der Waals surface area (Å²) in [6.07, 6.45) is 3.70. The molecule has 4 heteroatoms. The Balaban J connectivity index is 2.18. The van der Waals surface area contributed by atoms with E-state index in [0.29, 0.717) is 5.25 Å². The molecule has 0 heterocycles. The second kappa shape index (κ2) is 5.50. The van der Waals surface area contributed by atoms with E-state index < -0.39 is 5.97 Å². The van der Waals surface area contributed by atoms with Crippen LogP contribution in [0.3, 0.4) is 0 Å². The number of ether oxygens (including phenoxy) is 1. The Hall–Kier alpha value is -0.220. The minimum atomic E-state index is -0.629. The van der Waals surface area contributed by atoms with E-state index in [2.05, 4.69) is 0 Å². The van der Waals surface area contributed by atoms with Crippen molar-refractivity contribution in [1.29, 1.82) is 0 Å². The van der Waals surface area contributed by atoms with E-state index in [9.17, 15) is 4.79 Å². The Morgan fingerprint density at radius 1 is 1.46 bits per heavy atom. The SMILES string of the molecule is COCSC1CCC(C(=O)O)CC1. The van der Waals surface area contributed by atoms with Crippen LogP contribution in [-0.2, 0) is 9.53 Å². The highest BCUT2D eigenvalue weighted by Crippen LogP contribution is 2.31. The lowest BCUT2D eigenvalue weighted by molar-refractivity contribution is -0.142. The highest BCUT2D eigenvalue weighted by atomic mass is 32.2. The number of hydrogen-bond donors (Lipinski definition) is 1. The second-order valence-electron chi connectivity index (χ2n) is 3.39. The quantitative estimate of drug-likeness (QED) is 0.711. The van der Waals surface area contributed by atoms with Gasteiger partial charge in [0.2, 0.25) is 0 Å². The average Bonchev–Trinajstić information content (AvgIpc) is 2.15. The molecule has 1 rings (SSSR count). The van der Waals surface area contributed by atoms with Crippen LogP contribution in [0.25, 0.3) is 0 Å². The Bertz CT molecular complexity index is 164. The largest absolute Gasteiger partial charge is 0.481 e. The molecule has 0 unspecified atom stereocenters. The molecule has 0 spiro atoms. The predicted molar refractivity (Wildman–Crippen MR) is 52.8 cm³/mol. The maximum absolute atomic E-state index is 10.6.